The van der Waals surface area contributed by atoms with Gasteiger partial charge in [-0.25, -0.2) is 9.97 Å². The molecule has 0 bridgehead atoms. The molecule has 0 aliphatic carbocycles. The molecule has 0 spiro atoms. The third-order valence-corrected chi connectivity index (χ3v) is 5.21. The first-order chi connectivity index (χ1) is 8.65. The Morgan fingerprint density at radius 2 is 2.00 bits per heavy atom. The molecule has 0 aliphatic rings. The first-order valence-corrected chi connectivity index (χ1v) is 7.30. The van der Waals surface area contributed by atoms with E-state index in [4.69, 9.17) is 4.98 Å². The van der Waals surface area contributed by atoms with Crippen LogP contribution in [0.1, 0.15) is 11.1 Å². The summed E-state index contributed by atoms with van der Waals surface area (Å²) in [5.41, 5.74) is 3.65. The monoisotopic (exact) mass is 275 g/mol. The third kappa shape index (κ3) is 1.93. The molecule has 1 aromatic carbocycles. The lowest BCUT2D eigenvalue weighted by molar-refractivity contribution is 0.790. The average Bonchev–Trinajstić information content (AvgIpc) is 2.93. The van der Waals surface area contributed by atoms with Gasteiger partial charge in [0.2, 0.25) is 0 Å². The van der Waals surface area contributed by atoms with Crippen LogP contribution in [0.25, 0.3) is 10.2 Å². The predicted octanol–water partition coefficient (Wildman–Crippen LogP) is 3.80. The highest BCUT2D eigenvalue weighted by Crippen LogP contribution is 2.35. The number of aryl methyl sites for hydroxylation is 3. The van der Waals surface area contributed by atoms with Gasteiger partial charge in [0.25, 0.3) is 0 Å². The fourth-order valence-electron chi connectivity index (χ4n) is 1.81. The highest BCUT2D eigenvalue weighted by Gasteiger charge is 2.11. The Balaban J connectivity index is 2.06. The van der Waals surface area contributed by atoms with Gasteiger partial charge in [-0.1, -0.05) is 12.1 Å². The minimum absolute atomic E-state index is 0.976. The molecular weight excluding hydrogens is 262 g/mol. The summed E-state index contributed by atoms with van der Waals surface area (Å²) in [5, 5.41) is 0.976. The van der Waals surface area contributed by atoms with Crippen molar-refractivity contribution in [3.8, 4) is 0 Å². The van der Waals surface area contributed by atoms with Crippen molar-refractivity contribution in [3.63, 3.8) is 0 Å². The van der Waals surface area contributed by atoms with Crippen molar-refractivity contribution in [1.29, 1.82) is 0 Å². The molecule has 0 atom stereocenters. The molecule has 3 nitrogen and oxygen atoms in total. The summed E-state index contributed by atoms with van der Waals surface area (Å²) in [4.78, 5) is 9.04. The second kappa shape index (κ2) is 4.40. The molecule has 0 unspecified atom stereocenters. The fraction of sp³-hybridized carbons (Fsp3) is 0.231. The van der Waals surface area contributed by atoms with E-state index >= 15 is 0 Å². The Morgan fingerprint density at radius 3 is 2.67 bits per heavy atom. The quantitative estimate of drug-likeness (QED) is 0.712. The number of thiazole rings is 1. The van der Waals surface area contributed by atoms with Crippen LogP contribution < -0.4 is 0 Å². The van der Waals surface area contributed by atoms with Gasteiger partial charge >= 0.3 is 0 Å². The molecule has 0 saturated carbocycles. The lowest BCUT2D eigenvalue weighted by atomic mass is 10.1. The summed E-state index contributed by atoms with van der Waals surface area (Å²) in [6.45, 7) is 4.24. The lowest BCUT2D eigenvalue weighted by Gasteiger charge is -1.96. The molecule has 0 amide bonds. The van der Waals surface area contributed by atoms with Crippen molar-refractivity contribution in [2.75, 3.05) is 0 Å². The summed E-state index contributed by atoms with van der Waals surface area (Å²) < 4.78 is 4.35. The Bertz CT molecular complexity index is 673. The molecule has 3 rings (SSSR count). The number of hydrogen-bond acceptors (Lipinski definition) is 4. The van der Waals surface area contributed by atoms with E-state index < -0.39 is 0 Å². The average molecular weight is 275 g/mol. The van der Waals surface area contributed by atoms with Crippen LogP contribution >= 0.6 is 23.1 Å². The first kappa shape index (κ1) is 11.7. The second-order valence-corrected chi connectivity index (χ2v) is 6.49. The van der Waals surface area contributed by atoms with Crippen LogP contribution in [0.2, 0.25) is 0 Å². The van der Waals surface area contributed by atoms with E-state index in [2.05, 4.69) is 31.0 Å². The van der Waals surface area contributed by atoms with Gasteiger partial charge in [0, 0.05) is 19.4 Å². The molecule has 2 aromatic heterocycles. The zero-order valence-electron chi connectivity index (χ0n) is 10.5. The summed E-state index contributed by atoms with van der Waals surface area (Å²) in [6, 6.07) is 4.29. The Labute approximate surface area is 114 Å². The SMILES string of the molecule is Cc1ccc(C)c2sc(Sc3nccn3C)nc12. The molecule has 0 aliphatic heterocycles. The van der Waals surface area contributed by atoms with Crippen LogP contribution in [0.4, 0.5) is 0 Å². The van der Waals surface area contributed by atoms with Crippen molar-refractivity contribution >= 4 is 33.3 Å². The van der Waals surface area contributed by atoms with Crippen LogP contribution in [0.3, 0.4) is 0 Å². The molecule has 0 saturated heterocycles. The summed E-state index contributed by atoms with van der Waals surface area (Å²) >= 11 is 3.37. The largest absolute Gasteiger partial charge is 0.329 e. The number of hydrogen-bond donors (Lipinski definition) is 0. The fourth-order valence-corrected chi connectivity index (χ4v) is 3.91. The minimum Gasteiger partial charge on any atom is -0.329 e. The summed E-state index contributed by atoms with van der Waals surface area (Å²) in [5.74, 6) is 0. The predicted molar refractivity (Wildman–Crippen MR) is 76.4 cm³/mol. The number of aromatic nitrogens is 3. The topological polar surface area (TPSA) is 30.7 Å². The van der Waals surface area contributed by atoms with Crippen molar-refractivity contribution in [1.82, 2.24) is 14.5 Å². The number of rotatable bonds is 2. The highest BCUT2D eigenvalue weighted by atomic mass is 32.2. The van der Waals surface area contributed by atoms with Gasteiger partial charge in [-0.15, -0.1) is 11.3 Å². The van der Waals surface area contributed by atoms with Gasteiger partial charge in [-0.05, 0) is 36.7 Å². The van der Waals surface area contributed by atoms with Crippen molar-refractivity contribution in [2.24, 2.45) is 7.05 Å². The van der Waals surface area contributed by atoms with Gasteiger partial charge in [-0.2, -0.15) is 0 Å². The molecule has 2 heterocycles. The standard InChI is InChI=1S/C13H13N3S2/c1-8-4-5-9(2)11-10(8)15-13(17-11)18-12-14-6-7-16(12)3/h4-7H,1-3H3. The van der Waals surface area contributed by atoms with Gasteiger partial charge in [0.15, 0.2) is 9.50 Å². The Morgan fingerprint density at radius 1 is 1.22 bits per heavy atom. The van der Waals surface area contributed by atoms with Crippen LogP contribution in [-0.2, 0) is 7.05 Å². The van der Waals surface area contributed by atoms with E-state index in [1.807, 2.05) is 24.0 Å². The van der Waals surface area contributed by atoms with E-state index in [1.54, 1.807) is 23.1 Å². The number of imidazole rings is 1. The van der Waals surface area contributed by atoms with Crippen LogP contribution in [-0.4, -0.2) is 14.5 Å². The maximum absolute atomic E-state index is 4.72. The smallest absolute Gasteiger partial charge is 0.174 e. The lowest BCUT2D eigenvalue weighted by Crippen LogP contribution is -1.87. The summed E-state index contributed by atoms with van der Waals surface area (Å²) in [7, 11) is 2.00. The van der Waals surface area contributed by atoms with Gasteiger partial charge < -0.3 is 4.57 Å². The van der Waals surface area contributed by atoms with Gasteiger partial charge in [-0.3, -0.25) is 0 Å². The minimum atomic E-state index is 0.976. The van der Waals surface area contributed by atoms with Crippen LogP contribution in [0.5, 0.6) is 0 Å². The molecule has 0 fully saturated rings. The number of nitrogens with zero attached hydrogens (tertiary/aromatic N) is 3. The van der Waals surface area contributed by atoms with Crippen LogP contribution in [0.15, 0.2) is 34.0 Å². The Kier molecular flexibility index (Phi) is 2.87. The van der Waals surface area contributed by atoms with E-state index in [-0.39, 0.29) is 0 Å². The van der Waals surface area contributed by atoms with E-state index in [0.717, 1.165) is 15.0 Å². The third-order valence-electron chi connectivity index (χ3n) is 2.88. The molecule has 0 radical (unpaired) electrons. The zero-order chi connectivity index (χ0) is 12.7. The number of benzene rings is 1. The molecule has 18 heavy (non-hydrogen) atoms. The molecular formula is C13H13N3S2. The maximum atomic E-state index is 4.72. The molecule has 92 valence electrons. The van der Waals surface area contributed by atoms with Gasteiger partial charge in [0.1, 0.15) is 0 Å². The number of fused-ring (bicyclic) bond motifs is 1. The highest BCUT2D eigenvalue weighted by molar-refractivity contribution is 8.01. The van der Waals surface area contributed by atoms with Crippen molar-refractivity contribution < 1.29 is 0 Å². The normalized spacial score (nSPS) is 11.3. The molecule has 3 aromatic rings. The van der Waals surface area contributed by atoms with Crippen LogP contribution in [0, 0.1) is 13.8 Å². The maximum Gasteiger partial charge on any atom is 0.174 e. The van der Waals surface area contributed by atoms with Crippen molar-refractivity contribution in [2.45, 2.75) is 23.3 Å². The Hall–Kier alpha value is -1.33. The van der Waals surface area contributed by atoms with Crippen molar-refractivity contribution in [3.05, 3.63) is 35.7 Å². The van der Waals surface area contributed by atoms with E-state index in [1.165, 1.54) is 15.8 Å². The zero-order valence-corrected chi connectivity index (χ0v) is 12.1. The van der Waals surface area contributed by atoms with E-state index in [0.29, 0.717) is 0 Å². The van der Waals surface area contributed by atoms with Gasteiger partial charge in [0.05, 0.1) is 10.2 Å². The molecule has 0 N–H and O–H groups in total. The second-order valence-electron chi connectivity index (χ2n) is 4.28. The first-order valence-electron chi connectivity index (χ1n) is 5.67. The molecule has 5 heteroatoms. The summed E-state index contributed by atoms with van der Waals surface area (Å²) in [6.07, 6.45) is 3.76. The van der Waals surface area contributed by atoms with E-state index in [9.17, 15) is 0 Å².